The van der Waals surface area contributed by atoms with E-state index < -0.39 is 0 Å². The molecule has 1 aromatic rings. The summed E-state index contributed by atoms with van der Waals surface area (Å²) >= 11 is 6.33. The Balaban J connectivity index is 1.64. The highest BCUT2D eigenvalue weighted by Gasteiger charge is 2.24. The average Bonchev–Trinajstić information content (AvgIpc) is 2.94. The molecule has 1 aromatic carbocycles. The zero-order valence-corrected chi connectivity index (χ0v) is 13.4. The number of hydrogen-bond acceptors (Lipinski definition) is 4. The highest BCUT2D eigenvalue weighted by Crippen LogP contribution is 2.39. The van der Waals surface area contributed by atoms with Crippen molar-refractivity contribution in [2.75, 3.05) is 31.7 Å². The molecule has 0 amide bonds. The van der Waals surface area contributed by atoms with Crippen molar-refractivity contribution >= 4 is 17.3 Å². The molecule has 1 atom stereocenters. The van der Waals surface area contributed by atoms with Crippen LogP contribution in [0.25, 0.3) is 0 Å². The van der Waals surface area contributed by atoms with Crippen LogP contribution in [-0.2, 0) is 0 Å². The van der Waals surface area contributed by atoms with Gasteiger partial charge in [-0.25, -0.2) is 0 Å². The molecule has 21 heavy (non-hydrogen) atoms. The molecular formula is C16H23ClN2O2. The summed E-state index contributed by atoms with van der Waals surface area (Å²) in [6.07, 6.45) is 2.48. The van der Waals surface area contributed by atoms with E-state index in [-0.39, 0.29) is 6.79 Å². The molecule has 0 saturated carbocycles. The van der Waals surface area contributed by atoms with Crippen LogP contribution in [-0.4, -0.2) is 37.4 Å². The molecule has 0 aromatic heterocycles. The Morgan fingerprint density at radius 1 is 1.29 bits per heavy atom. The van der Waals surface area contributed by atoms with E-state index >= 15 is 0 Å². The number of rotatable bonds is 4. The molecule has 0 aliphatic carbocycles. The summed E-state index contributed by atoms with van der Waals surface area (Å²) in [5.74, 6) is 2.19. The Morgan fingerprint density at radius 3 is 2.62 bits per heavy atom. The molecular weight excluding hydrogens is 288 g/mol. The molecule has 1 fully saturated rings. The highest BCUT2D eigenvalue weighted by atomic mass is 35.5. The number of hydrogen-bond donors (Lipinski definition) is 1. The largest absolute Gasteiger partial charge is 0.454 e. The summed E-state index contributed by atoms with van der Waals surface area (Å²) in [4.78, 5) is 2.51. The summed E-state index contributed by atoms with van der Waals surface area (Å²) in [6, 6.07) is 4.18. The molecule has 0 spiro atoms. The normalized spacial score (nSPS) is 20.5. The Bertz CT molecular complexity index is 501. The Morgan fingerprint density at radius 2 is 1.95 bits per heavy atom. The zero-order chi connectivity index (χ0) is 14.8. The second-order valence-electron chi connectivity index (χ2n) is 5.89. The molecule has 1 N–H and O–H groups in total. The van der Waals surface area contributed by atoms with Gasteiger partial charge in [0.05, 0.1) is 10.7 Å². The standard InChI is InChI=1S/C16H23ClN2O2/c1-3-19-6-4-12(5-7-19)11(2)18-14-9-16-15(8-13(14)17)20-10-21-16/h8-9,11-12,18H,3-7,10H2,1-2H3. The second kappa shape index (κ2) is 6.32. The quantitative estimate of drug-likeness (QED) is 0.921. The average molecular weight is 311 g/mol. The van der Waals surface area contributed by atoms with E-state index in [0.717, 1.165) is 23.7 Å². The number of halogens is 1. The van der Waals surface area contributed by atoms with Crippen molar-refractivity contribution in [1.29, 1.82) is 0 Å². The third-order valence-electron chi connectivity index (χ3n) is 4.63. The van der Waals surface area contributed by atoms with Gasteiger partial charge in [-0.1, -0.05) is 18.5 Å². The molecule has 116 valence electrons. The van der Waals surface area contributed by atoms with Gasteiger partial charge in [0.15, 0.2) is 11.5 Å². The molecule has 0 radical (unpaired) electrons. The van der Waals surface area contributed by atoms with Gasteiger partial charge in [0.2, 0.25) is 6.79 Å². The van der Waals surface area contributed by atoms with Crippen LogP contribution < -0.4 is 14.8 Å². The van der Waals surface area contributed by atoms with Crippen LogP contribution in [0.3, 0.4) is 0 Å². The maximum atomic E-state index is 6.33. The number of nitrogens with one attached hydrogen (secondary N) is 1. The van der Waals surface area contributed by atoms with E-state index in [1.807, 2.05) is 12.1 Å². The minimum Gasteiger partial charge on any atom is -0.454 e. The molecule has 2 aliphatic rings. The van der Waals surface area contributed by atoms with Crippen LogP contribution in [0.5, 0.6) is 11.5 Å². The van der Waals surface area contributed by atoms with E-state index in [2.05, 4.69) is 24.1 Å². The first-order chi connectivity index (χ1) is 10.2. The lowest BCUT2D eigenvalue weighted by molar-refractivity contribution is 0.174. The van der Waals surface area contributed by atoms with Gasteiger partial charge in [-0.15, -0.1) is 0 Å². The summed E-state index contributed by atoms with van der Waals surface area (Å²) in [7, 11) is 0. The molecule has 5 heteroatoms. The lowest BCUT2D eigenvalue weighted by atomic mass is 9.90. The van der Waals surface area contributed by atoms with Crippen molar-refractivity contribution in [3.63, 3.8) is 0 Å². The number of fused-ring (bicyclic) bond motifs is 1. The Hall–Kier alpha value is -1.13. The third-order valence-corrected chi connectivity index (χ3v) is 4.94. The Labute approximate surface area is 131 Å². The molecule has 4 nitrogen and oxygen atoms in total. The van der Waals surface area contributed by atoms with Gasteiger partial charge < -0.3 is 19.7 Å². The van der Waals surface area contributed by atoms with E-state index in [9.17, 15) is 0 Å². The van der Waals surface area contributed by atoms with Crippen LogP contribution in [0.1, 0.15) is 26.7 Å². The van der Waals surface area contributed by atoms with Crippen LogP contribution in [0.4, 0.5) is 5.69 Å². The molecule has 2 aliphatic heterocycles. The summed E-state index contributed by atoms with van der Waals surface area (Å²) in [5.41, 5.74) is 0.936. The second-order valence-corrected chi connectivity index (χ2v) is 6.30. The van der Waals surface area contributed by atoms with Crippen LogP contribution in [0.15, 0.2) is 12.1 Å². The maximum absolute atomic E-state index is 6.33. The fraction of sp³-hybridized carbons (Fsp3) is 0.625. The van der Waals surface area contributed by atoms with E-state index in [1.165, 1.54) is 25.9 Å². The number of nitrogens with zero attached hydrogens (tertiary/aromatic N) is 1. The number of anilines is 1. The summed E-state index contributed by atoms with van der Waals surface area (Å²) < 4.78 is 10.8. The first-order valence-electron chi connectivity index (χ1n) is 7.75. The van der Waals surface area contributed by atoms with E-state index in [4.69, 9.17) is 21.1 Å². The van der Waals surface area contributed by atoms with E-state index in [0.29, 0.717) is 17.0 Å². The smallest absolute Gasteiger partial charge is 0.231 e. The van der Waals surface area contributed by atoms with Gasteiger partial charge in [0, 0.05) is 18.2 Å². The van der Waals surface area contributed by atoms with Crippen molar-refractivity contribution in [2.45, 2.75) is 32.7 Å². The molecule has 2 heterocycles. The van der Waals surface area contributed by atoms with Crippen molar-refractivity contribution in [3.8, 4) is 11.5 Å². The van der Waals surface area contributed by atoms with Crippen molar-refractivity contribution in [1.82, 2.24) is 4.90 Å². The van der Waals surface area contributed by atoms with Crippen LogP contribution in [0.2, 0.25) is 5.02 Å². The van der Waals surface area contributed by atoms with E-state index in [1.54, 1.807) is 0 Å². The first-order valence-corrected chi connectivity index (χ1v) is 8.13. The van der Waals surface area contributed by atoms with Gasteiger partial charge in [0.1, 0.15) is 0 Å². The third kappa shape index (κ3) is 3.22. The number of ether oxygens (including phenoxy) is 2. The van der Waals surface area contributed by atoms with Crippen molar-refractivity contribution in [3.05, 3.63) is 17.2 Å². The van der Waals surface area contributed by atoms with Gasteiger partial charge >= 0.3 is 0 Å². The predicted octanol–water partition coefficient (Wildman–Crippen LogP) is 3.60. The fourth-order valence-electron chi connectivity index (χ4n) is 3.16. The number of benzene rings is 1. The van der Waals surface area contributed by atoms with Crippen LogP contribution >= 0.6 is 11.6 Å². The van der Waals surface area contributed by atoms with Crippen molar-refractivity contribution < 1.29 is 9.47 Å². The first kappa shape index (κ1) is 14.8. The molecule has 1 unspecified atom stereocenters. The fourth-order valence-corrected chi connectivity index (χ4v) is 3.37. The SMILES string of the molecule is CCN1CCC(C(C)Nc2cc3c(cc2Cl)OCO3)CC1. The number of piperidine rings is 1. The predicted molar refractivity (Wildman–Crippen MR) is 85.5 cm³/mol. The van der Waals surface area contributed by atoms with Gasteiger partial charge in [0.25, 0.3) is 0 Å². The Kier molecular flexibility index (Phi) is 4.45. The lowest BCUT2D eigenvalue weighted by Gasteiger charge is -2.35. The monoisotopic (exact) mass is 310 g/mol. The minimum absolute atomic E-state index is 0.278. The van der Waals surface area contributed by atoms with Crippen LogP contribution in [0, 0.1) is 5.92 Å². The maximum Gasteiger partial charge on any atom is 0.231 e. The van der Waals surface area contributed by atoms with Gasteiger partial charge in [-0.05, 0) is 45.3 Å². The minimum atomic E-state index is 0.278. The number of likely N-dealkylation sites (tertiary alicyclic amines) is 1. The summed E-state index contributed by atoms with van der Waals surface area (Å²) in [5, 5.41) is 4.25. The highest BCUT2D eigenvalue weighted by molar-refractivity contribution is 6.33. The topological polar surface area (TPSA) is 33.7 Å². The molecule has 3 rings (SSSR count). The summed E-state index contributed by atoms with van der Waals surface area (Å²) in [6.45, 7) is 8.30. The van der Waals surface area contributed by atoms with Crippen molar-refractivity contribution in [2.24, 2.45) is 5.92 Å². The lowest BCUT2D eigenvalue weighted by Crippen LogP contribution is -2.39. The van der Waals surface area contributed by atoms with Gasteiger partial charge in [-0.3, -0.25) is 0 Å². The molecule has 0 bridgehead atoms. The van der Waals surface area contributed by atoms with Gasteiger partial charge in [-0.2, -0.15) is 0 Å². The molecule has 1 saturated heterocycles. The zero-order valence-electron chi connectivity index (χ0n) is 12.7.